The second kappa shape index (κ2) is 10.7. The first-order chi connectivity index (χ1) is 18.5. The Morgan fingerprint density at radius 1 is 0.842 bits per heavy atom. The van der Waals surface area contributed by atoms with Crippen molar-refractivity contribution in [3.8, 4) is 22.4 Å². The van der Waals surface area contributed by atoms with Gasteiger partial charge in [-0.2, -0.15) is 5.10 Å². The van der Waals surface area contributed by atoms with E-state index in [-0.39, 0.29) is 5.54 Å². The van der Waals surface area contributed by atoms with E-state index in [1.807, 2.05) is 4.52 Å². The third kappa shape index (κ3) is 4.75. The molecule has 2 heterocycles. The fourth-order valence-electron chi connectivity index (χ4n) is 5.35. The Hall–Kier alpha value is -4.15. The van der Waals surface area contributed by atoms with Crippen LogP contribution in [0.1, 0.15) is 41.5 Å². The predicted molar refractivity (Wildman–Crippen MR) is 160 cm³/mol. The Labute approximate surface area is 225 Å². The van der Waals surface area contributed by atoms with Gasteiger partial charge in [0.05, 0.1) is 16.7 Å². The number of rotatable bonds is 6. The lowest BCUT2D eigenvalue weighted by atomic mass is 9.71. The van der Waals surface area contributed by atoms with Gasteiger partial charge in [0.1, 0.15) is 0 Å². The summed E-state index contributed by atoms with van der Waals surface area (Å²) in [5.41, 5.74) is 16.1. The third-order valence-electron chi connectivity index (χ3n) is 7.67. The average molecular weight is 501 g/mol. The van der Waals surface area contributed by atoms with Gasteiger partial charge < -0.3 is 11.1 Å². The Balaban J connectivity index is 0.00000144. The lowest BCUT2D eigenvalue weighted by Crippen LogP contribution is -2.46. The number of pyridine rings is 1. The van der Waals surface area contributed by atoms with Crippen LogP contribution in [0, 0.1) is 13.8 Å². The van der Waals surface area contributed by atoms with Gasteiger partial charge in [-0.1, -0.05) is 84.9 Å². The summed E-state index contributed by atoms with van der Waals surface area (Å²) in [7, 11) is 1.50. The van der Waals surface area contributed by atoms with Gasteiger partial charge in [-0.25, -0.2) is 4.52 Å². The molecule has 3 aromatic carbocycles. The molecule has 3 N–H and O–H groups in total. The molecule has 0 saturated heterocycles. The van der Waals surface area contributed by atoms with Crippen molar-refractivity contribution in [2.24, 2.45) is 5.73 Å². The lowest BCUT2D eigenvalue weighted by molar-refractivity contribution is 0.216. The van der Waals surface area contributed by atoms with Crippen molar-refractivity contribution in [1.29, 1.82) is 0 Å². The SMILES string of the molecule is C=C(NC1(c2ccccc2)CCC1)c1cccc(-c2ccn3nc(-c4ccc(C)cc4)c(C)c3c2)c1.CN. The maximum absolute atomic E-state index is 4.87. The van der Waals surface area contributed by atoms with E-state index >= 15 is 0 Å². The number of aromatic nitrogens is 2. The second-order valence-corrected chi connectivity index (χ2v) is 10.1. The normalized spacial score (nSPS) is 13.8. The molecule has 0 bridgehead atoms. The first-order valence-corrected chi connectivity index (χ1v) is 13.3. The van der Waals surface area contributed by atoms with E-state index < -0.39 is 0 Å². The molecule has 0 radical (unpaired) electrons. The number of benzene rings is 3. The van der Waals surface area contributed by atoms with Crippen LogP contribution < -0.4 is 11.1 Å². The molecule has 4 nitrogen and oxygen atoms in total. The molecule has 6 rings (SSSR count). The van der Waals surface area contributed by atoms with Crippen LogP contribution >= 0.6 is 0 Å². The van der Waals surface area contributed by atoms with Crippen LogP contribution in [-0.4, -0.2) is 16.7 Å². The van der Waals surface area contributed by atoms with Crippen molar-refractivity contribution in [1.82, 2.24) is 14.9 Å². The van der Waals surface area contributed by atoms with Gasteiger partial charge in [0, 0.05) is 23.0 Å². The molecule has 1 aliphatic carbocycles. The molecule has 1 aliphatic rings. The van der Waals surface area contributed by atoms with Gasteiger partial charge in [-0.05, 0) is 80.6 Å². The summed E-state index contributed by atoms with van der Waals surface area (Å²) in [6, 6.07) is 32.4. The van der Waals surface area contributed by atoms with E-state index in [1.165, 1.54) is 41.3 Å². The predicted octanol–water partition coefficient (Wildman–Crippen LogP) is 7.50. The summed E-state index contributed by atoms with van der Waals surface area (Å²) in [4.78, 5) is 0. The van der Waals surface area contributed by atoms with Crippen LogP contribution in [0.15, 0.2) is 104 Å². The molecule has 2 aromatic heterocycles. The standard InChI is InChI=1S/C33H31N3.CH5N/c1-23-13-15-26(16-14-23)32-24(2)31-22-29(17-20-36(31)35-32)28-10-7-9-27(21-28)25(3)34-33(18-8-19-33)30-11-5-4-6-12-30;1-2/h4-7,9-17,20-22,34H,3,8,18-19H2,1-2H3;2H2,1H3. The minimum absolute atomic E-state index is 0.00561. The molecular weight excluding hydrogens is 464 g/mol. The molecule has 0 aliphatic heterocycles. The summed E-state index contributed by atoms with van der Waals surface area (Å²) in [6.07, 6.45) is 5.57. The van der Waals surface area contributed by atoms with Crippen LogP contribution in [0.5, 0.6) is 0 Å². The Bertz CT molecular complexity index is 1560. The molecular formula is C34H36N4. The van der Waals surface area contributed by atoms with Crippen molar-refractivity contribution < 1.29 is 0 Å². The van der Waals surface area contributed by atoms with E-state index in [0.29, 0.717) is 0 Å². The van der Waals surface area contributed by atoms with Crippen LogP contribution in [0.3, 0.4) is 0 Å². The highest BCUT2D eigenvalue weighted by atomic mass is 15.2. The lowest BCUT2D eigenvalue weighted by Gasteiger charge is -2.44. The number of nitrogens with one attached hydrogen (secondary N) is 1. The molecule has 0 atom stereocenters. The number of nitrogens with two attached hydrogens (primary N) is 1. The van der Waals surface area contributed by atoms with Crippen molar-refractivity contribution >= 4 is 11.2 Å². The number of hydrogen-bond acceptors (Lipinski definition) is 3. The summed E-state index contributed by atoms with van der Waals surface area (Å²) in [5.74, 6) is 0. The Morgan fingerprint density at radius 2 is 1.55 bits per heavy atom. The molecule has 0 spiro atoms. The van der Waals surface area contributed by atoms with Crippen LogP contribution in [0.2, 0.25) is 0 Å². The van der Waals surface area contributed by atoms with Gasteiger partial charge in [0.2, 0.25) is 0 Å². The maximum Gasteiger partial charge on any atom is 0.0962 e. The topological polar surface area (TPSA) is 55.3 Å². The molecule has 0 amide bonds. The zero-order valence-electron chi connectivity index (χ0n) is 22.5. The fraction of sp³-hybridized carbons (Fsp3) is 0.206. The van der Waals surface area contributed by atoms with Gasteiger partial charge in [-0.15, -0.1) is 0 Å². The zero-order valence-corrected chi connectivity index (χ0v) is 22.5. The molecule has 38 heavy (non-hydrogen) atoms. The first kappa shape index (κ1) is 25.5. The van der Waals surface area contributed by atoms with E-state index in [1.54, 1.807) is 0 Å². The van der Waals surface area contributed by atoms with Crippen molar-refractivity contribution in [3.05, 3.63) is 126 Å². The first-order valence-electron chi connectivity index (χ1n) is 13.3. The van der Waals surface area contributed by atoms with Gasteiger partial charge in [0.25, 0.3) is 0 Å². The monoisotopic (exact) mass is 500 g/mol. The average Bonchev–Trinajstić information content (AvgIpc) is 3.28. The minimum Gasteiger partial charge on any atom is -0.376 e. The molecule has 0 unspecified atom stereocenters. The smallest absolute Gasteiger partial charge is 0.0962 e. The highest BCUT2D eigenvalue weighted by Gasteiger charge is 2.38. The quantitative estimate of drug-likeness (QED) is 0.254. The second-order valence-electron chi connectivity index (χ2n) is 10.1. The van der Waals surface area contributed by atoms with Gasteiger partial charge in [-0.3, -0.25) is 0 Å². The fourth-order valence-corrected chi connectivity index (χ4v) is 5.35. The molecule has 1 saturated carbocycles. The maximum atomic E-state index is 4.87. The van der Waals surface area contributed by atoms with Gasteiger partial charge >= 0.3 is 0 Å². The Kier molecular flexibility index (Phi) is 7.17. The number of hydrogen-bond donors (Lipinski definition) is 2. The summed E-state index contributed by atoms with van der Waals surface area (Å²) in [6.45, 7) is 8.70. The zero-order chi connectivity index (χ0) is 26.7. The summed E-state index contributed by atoms with van der Waals surface area (Å²) < 4.78 is 1.98. The largest absolute Gasteiger partial charge is 0.376 e. The summed E-state index contributed by atoms with van der Waals surface area (Å²) in [5, 5.41) is 8.67. The number of aryl methyl sites for hydroxylation is 2. The highest BCUT2D eigenvalue weighted by Crippen LogP contribution is 2.42. The molecule has 1 fully saturated rings. The van der Waals surface area contributed by atoms with Crippen molar-refractivity contribution in [2.75, 3.05) is 7.05 Å². The Morgan fingerprint density at radius 3 is 2.24 bits per heavy atom. The van der Waals surface area contributed by atoms with E-state index in [0.717, 1.165) is 40.9 Å². The van der Waals surface area contributed by atoms with Crippen molar-refractivity contribution in [3.63, 3.8) is 0 Å². The molecule has 5 aromatic rings. The highest BCUT2D eigenvalue weighted by molar-refractivity contribution is 5.78. The van der Waals surface area contributed by atoms with Crippen molar-refractivity contribution in [2.45, 2.75) is 38.6 Å². The molecule has 4 heteroatoms. The number of fused-ring (bicyclic) bond motifs is 1. The van der Waals surface area contributed by atoms with Crippen LogP contribution in [0.4, 0.5) is 0 Å². The summed E-state index contributed by atoms with van der Waals surface area (Å²) >= 11 is 0. The van der Waals surface area contributed by atoms with E-state index in [2.05, 4.69) is 129 Å². The van der Waals surface area contributed by atoms with E-state index in [4.69, 9.17) is 5.10 Å². The third-order valence-corrected chi connectivity index (χ3v) is 7.67. The van der Waals surface area contributed by atoms with E-state index in [9.17, 15) is 0 Å². The molecule has 192 valence electrons. The number of nitrogens with zero attached hydrogens (tertiary/aromatic N) is 2. The van der Waals surface area contributed by atoms with Gasteiger partial charge in [0.15, 0.2) is 0 Å². The van der Waals surface area contributed by atoms with Crippen LogP contribution in [-0.2, 0) is 5.54 Å². The van der Waals surface area contributed by atoms with Crippen LogP contribution in [0.25, 0.3) is 33.6 Å². The minimum atomic E-state index is -0.00561.